The molecule has 3 amide bonds. The summed E-state index contributed by atoms with van der Waals surface area (Å²) in [6.45, 7) is 16.1. The largest absolute Gasteiger partial charge is 0.478 e. The summed E-state index contributed by atoms with van der Waals surface area (Å²) in [6.07, 6.45) is 6.46. The smallest absolute Gasteiger partial charge is 0.340 e. The van der Waals surface area contributed by atoms with Crippen LogP contribution in [0.15, 0.2) is 128 Å². The minimum Gasteiger partial charge on any atom is -0.478 e. The minimum atomic E-state index is -1.24. The fourth-order valence-corrected chi connectivity index (χ4v) is 9.52. The van der Waals surface area contributed by atoms with Gasteiger partial charge in [0.15, 0.2) is 23.1 Å². The predicted octanol–water partition coefficient (Wildman–Crippen LogP) is 11.7. The van der Waals surface area contributed by atoms with E-state index in [2.05, 4.69) is 104 Å². The van der Waals surface area contributed by atoms with E-state index in [1.54, 1.807) is 80.6 Å². The van der Waals surface area contributed by atoms with Gasteiger partial charge in [0.2, 0.25) is 0 Å². The zero-order valence-corrected chi connectivity index (χ0v) is 51.2. The van der Waals surface area contributed by atoms with Crippen LogP contribution in [-0.4, -0.2) is 99.4 Å². The van der Waals surface area contributed by atoms with E-state index in [-0.39, 0.29) is 56.7 Å². The zero-order valence-electron chi connectivity index (χ0n) is 45.7. The number of carboxylic acid groups (broad SMARTS) is 1. The number of ether oxygens (including phenoxy) is 1. The van der Waals surface area contributed by atoms with Crippen LogP contribution in [0.1, 0.15) is 96.7 Å². The lowest BCUT2D eigenvalue weighted by Gasteiger charge is -2.14. The summed E-state index contributed by atoms with van der Waals surface area (Å²) in [6, 6.07) is 28.3. The second-order valence-electron chi connectivity index (χ2n) is 17.9. The second-order valence-corrected chi connectivity index (χ2v) is 20.7. The van der Waals surface area contributed by atoms with Gasteiger partial charge < -0.3 is 25.8 Å². The number of nitrogens with one attached hydrogen (secondary N) is 3. The molecule has 0 radical (unpaired) electrons. The molecule has 9 aromatic rings. The van der Waals surface area contributed by atoms with Crippen molar-refractivity contribution in [1.29, 1.82) is 10.5 Å². The molecule has 426 valence electrons. The van der Waals surface area contributed by atoms with Crippen molar-refractivity contribution < 1.29 is 33.8 Å². The Labute approximate surface area is 515 Å². The SMILES string of the molecule is COC(=O)c1cc(C#N)cc(C)c1NC(=O)c1cc(Br)nn1-c1ncccc1Cl.Cc1cccnc1-n1nc(Br)cc1C(=O)Nc1c(C)cc(C#N)cc1C(=O)O.[C-]#[N+]c1cc(C)c(N=Cc2cc(Br)nn2-c2ncccc2C)c(C(=O)NC)c1. The maximum atomic E-state index is 13.0. The fraction of sp³-hybridized carbons (Fsp3) is 0.121. The van der Waals surface area contributed by atoms with E-state index < -0.39 is 23.8 Å². The third kappa shape index (κ3) is 14.6. The highest BCUT2D eigenvalue weighted by Gasteiger charge is 2.25. The number of esters is 1. The van der Waals surface area contributed by atoms with Gasteiger partial charge in [-0.3, -0.25) is 19.4 Å². The molecule has 9 rings (SSSR count). The van der Waals surface area contributed by atoms with Crippen molar-refractivity contribution in [2.24, 2.45) is 4.99 Å². The van der Waals surface area contributed by atoms with Crippen molar-refractivity contribution >= 4 is 118 Å². The normalized spacial score (nSPS) is 10.5. The number of carboxylic acids is 1. The average Bonchev–Trinajstić information content (AvgIpc) is 2.53. The summed E-state index contributed by atoms with van der Waals surface area (Å²) >= 11 is 16.1. The maximum absolute atomic E-state index is 13.0. The van der Waals surface area contributed by atoms with Gasteiger partial charge in [-0.1, -0.05) is 29.8 Å². The number of aliphatic imine (C=N–C) groups is 1. The van der Waals surface area contributed by atoms with E-state index in [9.17, 15) is 29.1 Å². The number of nitriles is 2. The number of rotatable bonds is 12. The van der Waals surface area contributed by atoms with Crippen molar-refractivity contribution in [3.05, 3.63) is 213 Å². The molecule has 0 fully saturated rings. The number of hydrogen-bond donors (Lipinski definition) is 4. The van der Waals surface area contributed by atoms with E-state index in [1.807, 2.05) is 57.2 Å². The lowest BCUT2D eigenvalue weighted by molar-refractivity contribution is 0.0600. The highest BCUT2D eigenvalue weighted by atomic mass is 79.9. The molecule has 6 aromatic heterocycles. The fourth-order valence-electron chi connectivity index (χ4n) is 8.17. The number of anilines is 2. The van der Waals surface area contributed by atoms with Crippen LogP contribution in [0.5, 0.6) is 0 Å². The number of pyridine rings is 3. The van der Waals surface area contributed by atoms with Crippen LogP contribution in [0, 0.1) is 63.9 Å². The molecule has 0 atom stereocenters. The number of carbonyl (C=O) groups excluding carboxylic acids is 4. The first kappa shape index (κ1) is 62.6. The average molecular weight is 1350 g/mol. The first-order chi connectivity index (χ1) is 40.6. The van der Waals surface area contributed by atoms with E-state index in [0.717, 1.165) is 16.7 Å². The number of methoxy groups -OCH3 is 1. The van der Waals surface area contributed by atoms with Gasteiger partial charge in [0.1, 0.15) is 25.2 Å². The number of aromatic nitrogens is 9. The summed E-state index contributed by atoms with van der Waals surface area (Å²) in [5.41, 5.74) is 6.51. The number of aryl methyl sites for hydroxylation is 5. The van der Waals surface area contributed by atoms with Gasteiger partial charge in [-0.25, -0.2) is 43.4 Å². The lowest BCUT2D eigenvalue weighted by Crippen LogP contribution is -2.20. The molecular formula is C58H44Br3ClN16O7. The third-order valence-corrected chi connectivity index (χ3v) is 13.5. The molecule has 27 heteroatoms. The van der Waals surface area contributed by atoms with Crippen LogP contribution in [0.3, 0.4) is 0 Å². The van der Waals surface area contributed by atoms with Crippen molar-refractivity contribution in [3.8, 4) is 29.6 Å². The topological polar surface area (TPSA) is 307 Å². The lowest BCUT2D eigenvalue weighted by atomic mass is 10.0. The van der Waals surface area contributed by atoms with E-state index in [4.69, 9.17) is 33.4 Å². The van der Waals surface area contributed by atoms with Crippen LogP contribution >= 0.6 is 59.4 Å². The number of aromatic carboxylic acids is 1. The van der Waals surface area contributed by atoms with Gasteiger partial charge in [0.05, 0.1) is 87.6 Å². The molecule has 0 aliphatic carbocycles. The zero-order chi connectivity index (χ0) is 61.8. The number of amides is 3. The molecule has 6 heterocycles. The van der Waals surface area contributed by atoms with Gasteiger partial charge in [-0.15, -0.1) is 0 Å². The van der Waals surface area contributed by atoms with Gasteiger partial charge in [-0.05, 0) is 165 Å². The molecule has 0 unspecified atom stereocenters. The summed E-state index contributed by atoms with van der Waals surface area (Å²) in [5.74, 6) is -1.88. The maximum Gasteiger partial charge on any atom is 0.340 e. The molecule has 85 heavy (non-hydrogen) atoms. The quantitative estimate of drug-likeness (QED) is 0.0502. The van der Waals surface area contributed by atoms with Crippen LogP contribution in [0.4, 0.5) is 22.7 Å². The molecular weight excluding hydrogens is 1310 g/mol. The Balaban J connectivity index is 0.000000183. The Kier molecular flexibility index (Phi) is 20.5. The summed E-state index contributed by atoms with van der Waals surface area (Å²) < 4.78 is 10.6. The molecule has 0 saturated heterocycles. The van der Waals surface area contributed by atoms with Crippen molar-refractivity contribution in [1.82, 2.24) is 49.6 Å². The first-order valence-corrected chi connectivity index (χ1v) is 27.4. The number of benzene rings is 3. The molecule has 4 N–H and O–H groups in total. The van der Waals surface area contributed by atoms with Gasteiger partial charge in [-0.2, -0.15) is 25.8 Å². The van der Waals surface area contributed by atoms with Gasteiger partial charge >= 0.3 is 11.9 Å². The van der Waals surface area contributed by atoms with Crippen molar-refractivity contribution in [3.63, 3.8) is 0 Å². The monoisotopic (exact) mass is 1350 g/mol. The minimum absolute atomic E-state index is 0.0680. The number of halogens is 4. The summed E-state index contributed by atoms with van der Waals surface area (Å²) in [4.78, 5) is 82.8. The van der Waals surface area contributed by atoms with E-state index in [1.165, 1.54) is 53.0 Å². The van der Waals surface area contributed by atoms with Crippen LogP contribution in [-0.2, 0) is 4.74 Å². The van der Waals surface area contributed by atoms with Crippen molar-refractivity contribution in [2.45, 2.75) is 34.6 Å². The van der Waals surface area contributed by atoms with Crippen LogP contribution in [0.2, 0.25) is 5.02 Å². The van der Waals surface area contributed by atoms with Crippen LogP contribution in [0.25, 0.3) is 22.3 Å². The Morgan fingerprint density at radius 3 is 1.62 bits per heavy atom. The standard InChI is InChI=1S/C20H17BrN6O.C19H13BrClN5O3.C19H14BrN5O3/c1-12-6-5-7-24-19(12)27-15(10-17(21)26-27)11-25-18-13(2)8-14(22-3)9-16(18)20(28)23-4;1-10-6-11(9-22)7-12(19(28)29-2)16(10)24-18(27)14-8-15(20)25-26(14)17-13(21)4-3-5-23-17;1-10-4-3-5-22-17(10)25-14(8-15(20)24-25)18(26)23-16-11(2)6-12(9-21)7-13(16)19(27)28/h5-11H,1-2,4H3,(H,23,28);3-8H,1-2H3,(H,24,27);3-8H,1-2H3,(H,23,26)(H,27,28). The van der Waals surface area contributed by atoms with Gasteiger partial charge in [0.25, 0.3) is 17.7 Å². The van der Waals surface area contributed by atoms with E-state index in [0.29, 0.717) is 64.2 Å². The molecule has 0 aliphatic heterocycles. The van der Waals surface area contributed by atoms with Crippen molar-refractivity contribution in [2.75, 3.05) is 24.8 Å². The summed E-state index contributed by atoms with van der Waals surface area (Å²) in [5, 5.41) is 48.8. The molecule has 23 nitrogen and oxygen atoms in total. The molecule has 0 bridgehead atoms. The van der Waals surface area contributed by atoms with Crippen LogP contribution < -0.4 is 16.0 Å². The number of nitrogens with zero attached hydrogens (tertiary/aromatic N) is 13. The van der Waals surface area contributed by atoms with E-state index >= 15 is 0 Å². The highest BCUT2D eigenvalue weighted by Crippen LogP contribution is 2.32. The Morgan fingerprint density at radius 2 is 1.13 bits per heavy atom. The van der Waals surface area contributed by atoms with Gasteiger partial charge in [0, 0.05) is 43.8 Å². The summed E-state index contributed by atoms with van der Waals surface area (Å²) in [7, 11) is 2.77. The predicted molar refractivity (Wildman–Crippen MR) is 326 cm³/mol. The molecule has 0 spiro atoms. The Morgan fingerprint density at radius 1 is 0.647 bits per heavy atom. The second kappa shape index (κ2) is 27.8. The molecule has 0 aliphatic rings. The molecule has 0 saturated carbocycles. The highest BCUT2D eigenvalue weighted by molar-refractivity contribution is 9.11. The Hall–Kier alpha value is -10.0. The third-order valence-electron chi connectivity index (χ3n) is 12.1. The number of hydrogen-bond acceptors (Lipinski definition) is 15. The number of carbonyl (C=O) groups is 5. The molecule has 3 aromatic carbocycles. The Bertz CT molecular complexity index is 4310. The first-order valence-electron chi connectivity index (χ1n) is 24.6.